The Morgan fingerprint density at radius 2 is 0.686 bits per heavy atom. The summed E-state index contributed by atoms with van der Waals surface area (Å²) in [4.78, 5) is 13.5. The van der Waals surface area contributed by atoms with Crippen LogP contribution < -0.4 is 5.32 Å². The summed E-state index contributed by atoms with van der Waals surface area (Å²) in [5.74, 6) is -0.303. The minimum Gasteiger partial charge on any atom is -0.394 e. The second-order valence-electron chi connectivity index (χ2n) is 27.4. The van der Waals surface area contributed by atoms with Crippen molar-refractivity contribution in [1.29, 1.82) is 0 Å². The molecule has 3 fully saturated rings. The van der Waals surface area contributed by atoms with Crippen molar-refractivity contribution >= 4 is 5.91 Å². The molecule has 19 nitrogen and oxygen atoms in total. The molecule has 0 saturated carbocycles. The second-order valence-corrected chi connectivity index (χ2v) is 27.4. The van der Waals surface area contributed by atoms with Crippen LogP contribution in [0.25, 0.3) is 0 Å². The Balaban J connectivity index is 1.41. The van der Waals surface area contributed by atoms with Gasteiger partial charge in [0.15, 0.2) is 18.9 Å². The van der Waals surface area contributed by atoms with Crippen molar-refractivity contribution in [2.24, 2.45) is 0 Å². The predicted octanol–water partition coefficient (Wildman–Crippen LogP) is 12.9. The van der Waals surface area contributed by atoms with Gasteiger partial charge in [0.05, 0.1) is 38.6 Å². The van der Waals surface area contributed by atoms with Gasteiger partial charge in [0.1, 0.15) is 73.2 Å². The highest BCUT2D eigenvalue weighted by Crippen LogP contribution is 2.33. The fourth-order valence-electron chi connectivity index (χ4n) is 12.4. The summed E-state index contributed by atoms with van der Waals surface area (Å²) in [5, 5.41) is 121. The molecule has 1 amide bonds. The lowest BCUT2D eigenvalue weighted by Crippen LogP contribution is -2.66. The maximum atomic E-state index is 13.5. The Kier molecular flexibility index (Phi) is 56.0. The van der Waals surface area contributed by atoms with Crippen LogP contribution in [0.5, 0.6) is 0 Å². The summed E-state index contributed by atoms with van der Waals surface area (Å²) in [6, 6.07) is -1.01. The number of amides is 1. The van der Waals surface area contributed by atoms with E-state index in [0.717, 1.165) is 122 Å². The largest absolute Gasteiger partial charge is 0.394 e. The maximum Gasteiger partial charge on any atom is 0.220 e. The van der Waals surface area contributed by atoms with Gasteiger partial charge in [0, 0.05) is 6.42 Å². The Bertz CT molecular complexity index is 2370. The number of carbonyl (C=O) groups is 1. The van der Waals surface area contributed by atoms with Crippen LogP contribution in [0.1, 0.15) is 251 Å². The molecule has 584 valence electrons. The third-order valence-corrected chi connectivity index (χ3v) is 18.7. The first-order valence-corrected chi connectivity index (χ1v) is 39.4. The molecule has 17 unspecified atom stereocenters. The summed E-state index contributed by atoms with van der Waals surface area (Å²) < 4.78 is 34.4. The molecule has 12 N–H and O–H groups in total. The predicted molar refractivity (Wildman–Crippen MR) is 406 cm³/mol. The van der Waals surface area contributed by atoms with Gasteiger partial charge in [-0.1, -0.05) is 270 Å². The molecular formula is C83H139NO18. The molecule has 17 atom stereocenters. The van der Waals surface area contributed by atoms with Gasteiger partial charge in [-0.05, 0) is 109 Å². The Morgan fingerprint density at radius 1 is 0.363 bits per heavy atom. The number of carbonyl (C=O) groups excluding carboxylic acids is 1. The van der Waals surface area contributed by atoms with Gasteiger partial charge in [-0.15, -0.1) is 0 Å². The average Bonchev–Trinajstić information content (AvgIpc) is 0.781. The molecule has 102 heavy (non-hydrogen) atoms. The highest BCUT2D eigenvalue weighted by atomic mass is 16.8. The number of nitrogens with one attached hydrogen (secondary N) is 1. The Hall–Kier alpha value is -4.07. The first-order valence-electron chi connectivity index (χ1n) is 39.4. The van der Waals surface area contributed by atoms with Crippen LogP contribution in [0, 0.1) is 0 Å². The zero-order valence-electron chi connectivity index (χ0n) is 62.3. The van der Waals surface area contributed by atoms with Crippen LogP contribution >= 0.6 is 0 Å². The van der Waals surface area contributed by atoms with Gasteiger partial charge in [0.2, 0.25) is 5.91 Å². The van der Waals surface area contributed by atoms with Crippen molar-refractivity contribution in [3.63, 3.8) is 0 Å². The Labute approximate surface area is 613 Å². The summed E-state index contributed by atoms with van der Waals surface area (Å²) >= 11 is 0. The van der Waals surface area contributed by atoms with E-state index in [9.17, 15) is 61.0 Å². The highest BCUT2D eigenvalue weighted by Gasteiger charge is 2.53. The van der Waals surface area contributed by atoms with Crippen molar-refractivity contribution in [2.75, 3.05) is 26.4 Å². The zero-order valence-corrected chi connectivity index (χ0v) is 62.3. The molecule has 3 aliphatic rings. The quantitative estimate of drug-likeness (QED) is 0.0199. The normalized spacial score (nSPS) is 26.9. The number of unbranched alkanes of at least 4 members (excludes halogenated alkanes) is 24. The second kappa shape index (κ2) is 62.0. The lowest BCUT2D eigenvalue weighted by Gasteiger charge is -2.48. The van der Waals surface area contributed by atoms with Crippen molar-refractivity contribution in [3.05, 3.63) is 134 Å². The molecule has 0 radical (unpaired) electrons. The lowest BCUT2D eigenvalue weighted by molar-refractivity contribution is -0.379. The maximum absolute atomic E-state index is 13.5. The molecule has 3 rings (SSSR count). The molecule has 0 aromatic heterocycles. The SMILES string of the molecule is CC/C=C\C/C=C\C/C=C\C/C=C\C/C=C\C/C=C\C/C=C\C/C=C\CCCCCCCCCCC(=O)NC(COC1OC(CO)C(OC2OC(CO)C(OC3OC(CO)C(O)C(O)C3O)C(O)C2O)C(O)C1O)C(O)/C=C/CC/C=C/CC/C=C/CCCCCCCCCCCCCCCC. The van der Waals surface area contributed by atoms with Gasteiger partial charge in [-0.3, -0.25) is 4.79 Å². The van der Waals surface area contributed by atoms with E-state index >= 15 is 0 Å². The van der Waals surface area contributed by atoms with Crippen LogP contribution in [0.2, 0.25) is 0 Å². The molecule has 3 aliphatic heterocycles. The number of allylic oxidation sites excluding steroid dienone is 21. The number of aliphatic hydroxyl groups excluding tert-OH is 11. The van der Waals surface area contributed by atoms with Crippen molar-refractivity contribution < 1.29 is 89.4 Å². The van der Waals surface area contributed by atoms with Crippen LogP contribution in [-0.2, 0) is 33.2 Å². The molecule has 0 aromatic rings. The topological polar surface area (TPSA) is 307 Å². The number of aliphatic hydroxyl groups is 11. The minimum atomic E-state index is -1.99. The monoisotopic (exact) mass is 1440 g/mol. The van der Waals surface area contributed by atoms with E-state index in [1.807, 2.05) is 6.08 Å². The third-order valence-electron chi connectivity index (χ3n) is 18.7. The van der Waals surface area contributed by atoms with Crippen molar-refractivity contribution in [1.82, 2.24) is 5.32 Å². The van der Waals surface area contributed by atoms with Crippen LogP contribution in [-0.4, -0.2) is 193 Å². The summed E-state index contributed by atoms with van der Waals surface area (Å²) in [5.41, 5.74) is 0. The first kappa shape index (κ1) is 92.1. The summed E-state index contributed by atoms with van der Waals surface area (Å²) in [6.07, 6.45) is 61.4. The lowest BCUT2D eigenvalue weighted by atomic mass is 9.96. The standard InChI is InChI=1S/C83H139NO18/c1-3-5-7-9-11-13-15-17-19-21-23-25-27-29-30-31-32-33-34-35-36-37-39-41-43-45-47-49-51-53-55-57-59-61-71(89)84-66(67(88)60-58-56-54-52-50-48-46-44-42-40-38-28-26-24-22-20-18-16-14-12-10-8-6-4-2)65-97-81-77(95)74(92)79(69(63-86)99-81)102-83-78(96)75(93)80(70(64-87)100-83)101-82-76(94)73(91)72(90)68(62-85)98-82/h5,7,11,13,17,19,23,25,29-30,32-33,35-36,39,41-42,44,50,52,58,60,66-70,72-83,85-88,90-96H,3-4,6,8-10,12,14-16,18,20-22,24,26-28,31,34,37-38,40,43,45-49,51,53-57,59,61-65H2,1-2H3,(H,84,89)/b7-5-,13-11-,19-17-,25-23-,30-29-,33-32-,36-35-,41-39-,44-42+,52-50+,60-58+. The Morgan fingerprint density at radius 3 is 1.10 bits per heavy atom. The minimum absolute atomic E-state index is 0.213. The summed E-state index contributed by atoms with van der Waals surface area (Å²) in [6.45, 7) is 1.59. The number of ether oxygens (including phenoxy) is 6. The fraction of sp³-hybridized carbons (Fsp3) is 0.723. The van der Waals surface area contributed by atoms with Gasteiger partial charge < -0.3 is 89.9 Å². The van der Waals surface area contributed by atoms with E-state index in [0.29, 0.717) is 12.8 Å². The molecule has 0 aliphatic carbocycles. The summed E-state index contributed by atoms with van der Waals surface area (Å²) in [7, 11) is 0. The zero-order chi connectivity index (χ0) is 73.9. The molecule has 19 heteroatoms. The van der Waals surface area contributed by atoms with Gasteiger partial charge >= 0.3 is 0 Å². The van der Waals surface area contributed by atoms with Gasteiger partial charge in [-0.25, -0.2) is 0 Å². The number of rotatable bonds is 60. The van der Waals surface area contributed by atoms with Crippen molar-refractivity contribution in [3.8, 4) is 0 Å². The van der Waals surface area contributed by atoms with Crippen molar-refractivity contribution in [2.45, 2.75) is 356 Å². The fourth-order valence-corrected chi connectivity index (χ4v) is 12.4. The van der Waals surface area contributed by atoms with Gasteiger partial charge in [-0.2, -0.15) is 0 Å². The molecule has 0 bridgehead atoms. The van der Waals surface area contributed by atoms with Crippen LogP contribution in [0.3, 0.4) is 0 Å². The van der Waals surface area contributed by atoms with E-state index in [2.05, 4.69) is 141 Å². The smallest absolute Gasteiger partial charge is 0.220 e. The first-order chi connectivity index (χ1) is 49.8. The highest BCUT2D eigenvalue weighted by molar-refractivity contribution is 5.76. The van der Waals surface area contributed by atoms with E-state index < -0.39 is 124 Å². The van der Waals surface area contributed by atoms with E-state index in [-0.39, 0.29) is 18.9 Å². The van der Waals surface area contributed by atoms with E-state index in [1.54, 1.807) is 6.08 Å². The van der Waals surface area contributed by atoms with Crippen LogP contribution in [0.4, 0.5) is 0 Å². The third kappa shape index (κ3) is 41.7. The average molecular weight is 1440 g/mol. The molecular weight excluding hydrogens is 1300 g/mol. The van der Waals surface area contributed by atoms with E-state index in [4.69, 9.17) is 28.4 Å². The molecule has 0 spiro atoms. The molecule has 3 heterocycles. The number of hydrogen-bond donors (Lipinski definition) is 12. The number of hydrogen-bond acceptors (Lipinski definition) is 18. The van der Waals surface area contributed by atoms with Crippen LogP contribution in [0.15, 0.2) is 134 Å². The van der Waals surface area contributed by atoms with Gasteiger partial charge in [0.25, 0.3) is 0 Å². The molecule has 0 aromatic carbocycles. The van der Waals surface area contributed by atoms with E-state index in [1.165, 1.54) is 96.3 Å². The molecule has 3 saturated heterocycles.